The smallest absolute Gasteiger partial charge is 0.258 e. The number of ether oxygens (including phenoxy) is 1. The van der Waals surface area contributed by atoms with Gasteiger partial charge in [0.15, 0.2) is 6.61 Å². The van der Waals surface area contributed by atoms with Gasteiger partial charge < -0.3 is 10.1 Å². The Morgan fingerprint density at radius 1 is 1.11 bits per heavy atom. The topological polar surface area (TPSA) is 84.5 Å². The summed E-state index contributed by atoms with van der Waals surface area (Å²) in [4.78, 5) is 12.3. The largest absolute Gasteiger partial charge is 0.484 e. The summed E-state index contributed by atoms with van der Waals surface area (Å²) >= 11 is 5.87. The van der Waals surface area contributed by atoms with Crippen molar-refractivity contribution in [2.75, 3.05) is 6.61 Å². The first kappa shape index (κ1) is 22.2. The van der Waals surface area contributed by atoms with Crippen molar-refractivity contribution in [2.45, 2.75) is 44.7 Å². The zero-order valence-corrected chi connectivity index (χ0v) is 17.9. The van der Waals surface area contributed by atoms with Crippen LogP contribution in [-0.4, -0.2) is 27.0 Å². The van der Waals surface area contributed by atoms with Gasteiger partial charge in [-0.3, -0.25) is 4.79 Å². The highest BCUT2D eigenvalue weighted by atomic mass is 35.5. The van der Waals surface area contributed by atoms with Crippen LogP contribution in [0.25, 0.3) is 0 Å². The lowest BCUT2D eigenvalue weighted by Gasteiger charge is -2.16. The third-order valence-electron chi connectivity index (χ3n) is 3.95. The molecule has 0 aliphatic carbocycles. The summed E-state index contributed by atoms with van der Waals surface area (Å²) in [7, 11) is -3.57. The number of halogens is 1. The molecule has 2 rings (SSSR count). The highest BCUT2D eigenvalue weighted by Gasteiger charge is 2.17. The van der Waals surface area contributed by atoms with Gasteiger partial charge in [0.25, 0.3) is 5.91 Å². The molecule has 1 amide bonds. The normalized spacial score (nSPS) is 12.6. The molecule has 2 aromatic carbocycles. The van der Waals surface area contributed by atoms with Gasteiger partial charge in [-0.25, -0.2) is 13.1 Å². The van der Waals surface area contributed by atoms with Gasteiger partial charge in [0.2, 0.25) is 10.0 Å². The molecule has 1 unspecified atom stereocenters. The van der Waals surface area contributed by atoms with Gasteiger partial charge in [0.05, 0.1) is 10.9 Å². The Bertz CT molecular complexity index is 928. The fourth-order valence-corrected chi connectivity index (χ4v) is 4.05. The molecule has 0 radical (unpaired) electrons. The van der Waals surface area contributed by atoms with Gasteiger partial charge in [-0.2, -0.15) is 0 Å². The molecule has 8 heteroatoms. The van der Waals surface area contributed by atoms with E-state index < -0.39 is 10.0 Å². The van der Waals surface area contributed by atoms with Crippen molar-refractivity contribution in [3.8, 4) is 5.75 Å². The predicted octanol–water partition coefficient (Wildman–Crippen LogP) is 3.59. The molecule has 0 aliphatic heterocycles. The number of carbonyl (C=O) groups excluding carboxylic acids is 1. The zero-order valence-electron chi connectivity index (χ0n) is 16.3. The Morgan fingerprint density at radius 3 is 2.32 bits per heavy atom. The zero-order chi connectivity index (χ0) is 20.9. The summed E-state index contributed by atoms with van der Waals surface area (Å²) in [5.74, 6) is 0.179. The molecule has 152 valence electrons. The van der Waals surface area contributed by atoms with Crippen molar-refractivity contribution in [3.63, 3.8) is 0 Å². The van der Waals surface area contributed by atoms with Crippen LogP contribution in [-0.2, 0) is 14.8 Å². The van der Waals surface area contributed by atoms with Crippen molar-refractivity contribution in [3.05, 3.63) is 58.6 Å². The molecule has 2 N–H and O–H groups in total. The van der Waals surface area contributed by atoms with Crippen LogP contribution in [0.3, 0.4) is 0 Å². The Labute approximate surface area is 171 Å². The number of aryl methyl sites for hydroxylation is 1. The molecule has 0 saturated heterocycles. The number of benzene rings is 2. The molecule has 0 fully saturated rings. The van der Waals surface area contributed by atoms with E-state index in [1.165, 1.54) is 12.1 Å². The molecule has 0 spiro atoms. The van der Waals surface area contributed by atoms with E-state index in [9.17, 15) is 13.2 Å². The quantitative estimate of drug-likeness (QED) is 0.678. The highest BCUT2D eigenvalue weighted by Crippen LogP contribution is 2.22. The van der Waals surface area contributed by atoms with Crippen molar-refractivity contribution in [2.24, 2.45) is 0 Å². The Balaban J connectivity index is 1.96. The molecule has 28 heavy (non-hydrogen) atoms. The second kappa shape index (κ2) is 9.41. The van der Waals surface area contributed by atoms with Crippen LogP contribution < -0.4 is 14.8 Å². The molecule has 0 aliphatic rings. The summed E-state index contributed by atoms with van der Waals surface area (Å²) in [6, 6.07) is 11.4. The van der Waals surface area contributed by atoms with Gasteiger partial charge in [0.1, 0.15) is 5.75 Å². The van der Waals surface area contributed by atoms with Crippen LogP contribution in [0, 0.1) is 6.92 Å². The van der Waals surface area contributed by atoms with Gasteiger partial charge in [0, 0.05) is 11.1 Å². The molecule has 1 atom stereocenters. The Morgan fingerprint density at radius 2 is 1.75 bits per heavy atom. The van der Waals surface area contributed by atoms with E-state index in [1.54, 1.807) is 39.0 Å². The second-order valence-electron chi connectivity index (χ2n) is 6.83. The van der Waals surface area contributed by atoms with Crippen LogP contribution >= 0.6 is 11.6 Å². The van der Waals surface area contributed by atoms with E-state index in [2.05, 4.69) is 10.0 Å². The lowest BCUT2D eigenvalue weighted by Crippen LogP contribution is -2.31. The van der Waals surface area contributed by atoms with Crippen LogP contribution in [0.4, 0.5) is 0 Å². The van der Waals surface area contributed by atoms with E-state index in [4.69, 9.17) is 16.3 Å². The van der Waals surface area contributed by atoms with Crippen LogP contribution in [0.15, 0.2) is 47.4 Å². The number of rotatable bonds is 8. The van der Waals surface area contributed by atoms with Crippen molar-refractivity contribution >= 4 is 27.5 Å². The van der Waals surface area contributed by atoms with E-state index in [0.717, 1.165) is 5.56 Å². The summed E-state index contributed by atoms with van der Waals surface area (Å²) in [5.41, 5.74) is 1.56. The molecule has 0 saturated carbocycles. The maximum absolute atomic E-state index is 12.2. The fraction of sp³-hybridized carbons (Fsp3) is 0.350. The van der Waals surface area contributed by atoms with Crippen molar-refractivity contribution < 1.29 is 17.9 Å². The highest BCUT2D eigenvalue weighted by molar-refractivity contribution is 7.89. The van der Waals surface area contributed by atoms with E-state index in [1.807, 2.05) is 19.1 Å². The maximum atomic E-state index is 12.2. The molecule has 2 aromatic rings. The minimum atomic E-state index is -3.57. The van der Waals surface area contributed by atoms with Crippen LogP contribution in [0.5, 0.6) is 5.75 Å². The lowest BCUT2D eigenvalue weighted by atomic mass is 10.1. The summed E-state index contributed by atoms with van der Waals surface area (Å²) in [5, 5.41) is 3.48. The monoisotopic (exact) mass is 424 g/mol. The maximum Gasteiger partial charge on any atom is 0.258 e. The number of hydrogen-bond acceptors (Lipinski definition) is 4. The van der Waals surface area contributed by atoms with E-state index in [-0.39, 0.29) is 29.5 Å². The number of sulfonamides is 1. The minimum absolute atomic E-state index is 0.159. The molecule has 0 heterocycles. The van der Waals surface area contributed by atoms with Gasteiger partial charge >= 0.3 is 0 Å². The van der Waals surface area contributed by atoms with E-state index in [0.29, 0.717) is 16.3 Å². The first-order chi connectivity index (χ1) is 13.1. The SMILES string of the molecule is Cc1cc(S(=O)(=O)NC(C)C)ccc1OCC(=O)NC(C)c1ccc(Cl)cc1. The number of hydrogen-bond donors (Lipinski definition) is 2. The average Bonchev–Trinajstić information content (AvgIpc) is 2.60. The van der Waals surface area contributed by atoms with E-state index >= 15 is 0 Å². The minimum Gasteiger partial charge on any atom is -0.484 e. The fourth-order valence-electron chi connectivity index (χ4n) is 2.59. The Hall–Kier alpha value is -2.09. The lowest BCUT2D eigenvalue weighted by molar-refractivity contribution is -0.123. The third kappa shape index (κ3) is 6.22. The second-order valence-corrected chi connectivity index (χ2v) is 8.98. The van der Waals surface area contributed by atoms with Crippen molar-refractivity contribution in [1.82, 2.24) is 10.0 Å². The number of nitrogens with one attached hydrogen (secondary N) is 2. The molecular weight excluding hydrogens is 400 g/mol. The molecule has 6 nitrogen and oxygen atoms in total. The summed E-state index contributed by atoms with van der Waals surface area (Å²) in [6.07, 6.45) is 0. The Kier molecular flexibility index (Phi) is 7.46. The third-order valence-corrected chi connectivity index (χ3v) is 5.86. The summed E-state index contributed by atoms with van der Waals surface area (Å²) < 4.78 is 32.5. The number of amides is 1. The predicted molar refractivity (Wildman–Crippen MR) is 110 cm³/mol. The molecular formula is C20H25ClN2O4S. The first-order valence-electron chi connectivity index (χ1n) is 8.89. The summed E-state index contributed by atoms with van der Waals surface area (Å²) in [6.45, 7) is 6.94. The van der Waals surface area contributed by atoms with Gasteiger partial charge in [-0.1, -0.05) is 23.7 Å². The molecule has 0 aromatic heterocycles. The van der Waals surface area contributed by atoms with Crippen LogP contribution in [0.1, 0.15) is 37.9 Å². The number of carbonyl (C=O) groups is 1. The first-order valence-corrected chi connectivity index (χ1v) is 10.7. The van der Waals surface area contributed by atoms with Gasteiger partial charge in [-0.05, 0) is 69.2 Å². The standard InChI is InChI=1S/C20H25ClN2O4S/c1-13(2)23-28(25,26)18-9-10-19(14(3)11-18)27-12-20(24)22-15(4)16-5-7-17(21)8-6-16/h5-11,13,15,23H,12H2,1-4H3,(H,22,24). The average molecular weight is 425 g/mol. The van der Waals surface area contributed by atoms with Gasteiger partial charge in [-0.15, -0.1) is 0 Å². The van der Waals surface area contributed by atoms with Crippen molar-refractivity contribution in [1.29, 1.82) is 0 Å². The van der Waals surface area contributed by atoms with Crippen LogP contribution in [0.2, 0.25) is 5.02 Å². The molecule has 0 bridgehead atoms.